The van der Waals surface area contributed by atoms with Gasteiger partial charge >= 0.3 is 5.97 Å². The summed E-state index contributed by atoms with van der Waals surface area (Å²) in [6.07, 6.45) is -0.960. The number of benzene rings is 2. The number of hydrogen-bond donors (Lipinski definition) is 1. The molecule has 6 nitrogen and oxygen atoms in total. The van der Waals surface area contributed by atoms with Crippen LogP contribution in [0.15, 0.2) is 41.3 Å². The van der Waals surface area contributed by atoms with Gasteiger partial charge < -0.3 is 4.74 Å². The van der Waals surface area contributed by atoms with Crippen LogP contribution in [0.5, 0.6) is 0 Å². The van der Waals surface area contributed by atoms with E-state index in [0.29, 0.717) is 5.56 Å². The van der Waals surface area contributed by atoms with Crippen LogP contribution in [0.1, 0.15) is 51.3 Å². The molecule has 7 heteroatoms. The van der Waals surface area contributed by atoms with Gasteiger partial charge in [-0.15, -0.1) is 0 Å². The number of rotatable bonds is 7. The maximum Gasteiger partial charge on any atom is 0.338 e. The van der Waals surface area contributed by atoms with E-state index in [9.17, 15) is 18.0 Å². The lowest BCUT2D eigenvalue weighted by atomic mass is 9.96. The van der Waals surface area contributed by atoms with Crippen LogP contribution in [0.4, 0.5) is 0 Å². The van der Waals surface area contributed by atoms with E-state index in [1.165, 1.54) is 31.2 Å². The van der Waals surface area contributed by atoms with E-state index >= 15 is 0 Å². The molecule has 0 aliphatic rings. The molecule has 1 N–H and O–H groups in total. The van der Waals surface area contributed by atoms with Crippen LogP contribution in [-0.2, 0) is 14.8 Å². The van der Waals surface area contributed by atoms with E-state index in [0.717, 1.165) is 16.7 Å². The first-order valence-corrected chi connectivity index (χ1v) is 10.5. The van der Waals surface area contributed by atoms with Crippen molar-refractivity contribution in [3.8, 4) is 0 Å². The third-order valence-corrected chi connectivity index (χ3v) is 6.06. The Kier molecular flexibility index (Phi) is 6.74. The van der Waals surface area contributed by atoms with Crippen molar-refractivity contribution in [2.24, 2.45) is 0 Å². The Bertz CT molecular complexity index is 994. The van der Waals surface area contributed by atoms with Crippen molar-refractivity contribution in [2.75, 3.05) is 6.54 Å². The SMILES string of the molecule is CCNS(=O)(=O)c1ccc(C(=O)O[C@H](C)C(=O)c2cc(C)c(C)cc2C)cc1. The summed E-state index contributed by atoms with van der Waals surface area (Å²) in [7, 11) is -3.59. The summed E-state index contributed by atoms with van der Waals surface area (Å²) in [5.41, 5.74) is 3.60. The maximum absolute atomic E-state index is 12.7. The number of hydrogen-bond acceptors (Lipinski definition) is 5. The summed E-state index contributed by atoms with van der Waals surface area (Å²) in [6.45, 7) is 9.21. The maximum atomic E-state index is 12.7. The molecule has 0 saturated heterocycles. The Hall–Kier alpha value is -2.51. The van der Waals surface area contributed by atoms with E-state index in [1.54, 1.807) is 13.0 Å². The molecule has 0 unspecified atom stereocenters. The number of ether oxygens (including phenoxy) is 1. The van der Waals surface area contributed by atoms with Gasteiger partial charge in [-0.25, -0.2) is 17.9 Å². The van der Waals surface area contributed by atoms with E-state index in [4.69, 9.17) is 4.74 Å². The summed E-state index contributed by atoms with van der Waals surface area (Å²) in [6, 6.07) is 9.12. The Morgan fingerprint density at radius 1 is 1.00 bits per heavy atom. The van der Waals surface area contributed by atoms with Gasteiger partial charge in [0.15, 0.2) is 6.10 Å². The van der Waals surface area contributed by atoms with Crippen LogP contribution in [0, 0.1) is 20.8 Å². The number of carbonyl (C=O) groups is 2. The topological polar surface area (TPSA) is 89.5 Å². The minimum Gasteiger partial charge on any atom is -0.451 e. The van der Waals surface area contributed by atoms with Gasteiger partial charge in [0, 0.05) is 12.1 Å². The Balaban J connectivity index is 2.14. The number of aryl methyl sites for hydroxylation is 3. The summed E-state index contributed by atoms with van der Waals surface area (Å²) >= 11 is 0. The number of Topliss-reactive ketones (excluding diaryl/α,β-unsaturated/α-hetero) is 1. The zero-order chi connectivity index (χ0) is 21.1. The highest BCUT2D eigenvalue weighted by Gasteiger charge is 2.23. The molecule has 0 amide bonds. The second kappa shape index (κ2) is 8.67. The van der Waals surface area contributed by atoms with Gasteiger partial charge in [-0.3, -0.25) is 4.79 Å². The van der Waals surface area contributed by atoms with Crippen molar-refractivity contribution in [1.29, 1.82) is 0 Å². The molecule has 2 aromatic rings. The van der Waals surface area contributed by atoms with Crippen LogP contribution in [0.25, 0.3) is 0 Å². The largest absolute Gasteiger partial charge is 0.451 e. The molecule has 2 aromatic carbocycles. The average molecular weight is 404 g/mol. The van der Waals surface area contributed by atoms with Crippen LogP contribution in [-0.4, -0.2) is 32.8 Å². The van der Waals surface area contributed by atoms with Crippen molar-refractivity contribution in [2.45, 2.75) is 45.6 Å². The molecule has 0 bridgehead atoms. The first kappa shape index (κ1) is 21.8. The van der Waals surface area contributed by atoms with Crippen LogP contribution < -0.4 is 4.72 Å². The minimum atomic E-state index is -3.59. The van der Waals surface area contributed by atoms with Crippen LogP contribution in [0.3, 0.4) is 0 Å². The zero-order valence-corrected chi connectivity index (χ0v) is 17.5. The van der Waals surface area contributed by atoms with Crippen LogP contribution >= 0.6 is 0 Å². The van der Waals surface area contributed by atoms with E-state index < -0.39 is 22.1 Å². The lowest BCUT2D eigenvalue weighted by Crippen LogP contribution is -2.25. The highest BCUT2D eigenvalue weighted by atomic mass is 32.2. The monoisotopic (exact) mass is 403 g/mol. The molecule has 1 atom stereocenters. The van der Waals surface area contributed by atoms with Crippen LogP contribution in [0.2, 0.25) is 0 Å². The summed E-state index contributed by atoms with van der Waals surface area (Å²) < 4.78 is 31.6. The lowest BCUT2D eigenvalue weighted by Gasteiger charge is -2.15. The van der Waals surface area contributed by atoms with Crippen molar-refractivity contribution >= 4 is 21.8 Å². The number of carbonyl (C=O) groups excluding carboxylic acids is 2. The Morgan fingerprint density at radius 3 is 2.14 bits per heavy atom. The molecule has 0 heterocycles. The van der Waals surface area contributed by atoms with E-state index in [-0.39, 0.29) is 22.8 Å². The Morgan fingerprint density at radius 2 is 1.57 bits per heavy atom. The van der Waals surface area contributed by atoms with Gasteiger partial charge in [0.2, 0.25) is 15.8 Å². The second-order valence-electron chi connectivity index (χ2n) is 6.69. The highest BCUT2D eigenvalue weighted by Crippen LogP contribution is 2.19. The number of ketones is 1. The molecular weight excluding hydrogens is 378 g/mol. The summed E-state index contributed by atoms with van der Waals surface area (Å²) in [5.74, 6) is -0.963. The average Bonchev–Trinajstić information content (AvgIpc) is 2.64. The molecule has 0 fully saturated rings. The normalized spacial score (nSPS) is 12.5. The first-order valence-electron chi connectivity index (χ1n) is 8.99. The minimum absolute atomic E-state index is 0.0563. The third-order valence-electron chi connectivity index (χ3n) is 4.49. The molecule has 0 saturated carbocycles. The smallest absolute Gasteiger partial charge is 0.338 e. The van der Waals surface area contributed by atoms with Crippen molar-refractivity contribution in [3.63, 3.8) is 0 Å². The quantitative estimate of drug-likeness (QED) is 0.566. The lowest BCUT2D eigenvalue weighted by molar-refractivity contribution is 0.0318. The van der Waals surface area contributed by atoms with Gasteiger partial charge in [-0.1, -0.05) is 13.0 Å². The zero-order valence-electron chi connectivity index (χ0n) is 16.7. The molecular formula is C21H25NO5S. The van der Waals surface area contributed by atoms with Crippen molar-refractivity contribution < 1.29 is 22.7 Å². The van der Waals surface area contributed by atoms with Gasteiger partial charge in [0.05, 0.1) is 10.5 Å². The predicted octanol–water partition coefficient (Wildman–Crippen LogP) is 3.34. The highest BCUT2D eigenvalue weighted by molar-refractivity contribution is 7.89. The van der Waals surface area contributed by atoms with Gasteiger partial charge in [0.25, 0.3) is 0 Å². The molecule has 0 spiro atoms. The standard InChI is InChI=1S/C21H25NO5S/c1-6-22-28(25,26)18-9-7-17(8-10-18)21(24)27-16(5)20(23)19-12-14(3)13(2)11-15(19)4/h7-12,16,22H,6H2,1-5H3/t16-/m1/s1. The second-order valence-corrected chi connectivity index (χ2v) is 8.46. The van der Waals surface area contributed by atoms with Crippen molar-refractivity contribution in [3.05, 3.63) is 64.2 Å². The number of sulfonamides is 1. The molecule has 2 rings (SSSR count). The molecule has 0 radical (unpaired) electrons. The summed E-state index contributed by atoms with van der Waals surface area (Å²) in [4.78, 5) is 25.1. The predicted molar refractivity (Wildman–Crippen MR) is 107 cm³/mol. The van der Waals surface area contributed by atoms with E-state index in [1.807, 2.05) is 26.8 Å². The van der Waals surface area contributed by atoms with Gasteiger partial charge in [-0.2, -0.15) is 0 Å². The Labute approximate surface area is 166 Å². The first-order chi connectivity index (χ1) is 13.1. The fourth-order valence-corrected chi connectivity index (χ4v) is 3.81. The fourth-order valence-electron chi connectivity index (χ4n) is 2.77. The third kappa shape index (κ3) is 4.85. The summed E-state index contributed by atoms with van der Waals surface area (Å²) in [5, 5.41) is 0. The molecule has 150 valence electrons. The molecule has 0 aliphatic carbocycles. The fraction of sp³-hybridized carbons (Fsp3) is 0.333. The number of esters is 1. The van der Waals surface area contributed by atoms with E-state index in [2.05, 4.69) is 4.72 Å². The molecule has 28 heavy (non-hydrogen) atoms. The molecule has 0 aliphatic heterocycles. The van der Waals surface area contributed by atoms with Gasteiger partial charge in [0.1, 0.15) is 0 Å². The van der Waals surface area contributed by atoms with Gasteiger partial charge in [-0.05, 0) is 74.7 Å². The molecule has 0 aromatic heterocycles. The van der Waals surface area contributed by atoms with Crippen molar-refractivity contribution in [1.82, 2.24) is 4.72 Å². The number of nitrogens with one attached hydrogen (secondary N) is 1.